The van der Waals surface area contributed by atoms with E-state index in [9.17, 15) is 9.59 Å². The van der Waals surface area contributed by atoms with Crippen LogP contribution in [-0.2, 0) is 14.3 Å². The first kappa shape index (κ1) is 11.4. The van der Waals surface area contributed by atoms with Crippen molar-refractivity contribution in [1.82, 2.24) is 0 Å². The van der Waals surface area contributed by atoms with Crippen LogP contribution in [0.5, 0.6) is 5.75 Å². The molecule has 1 heterocycles. The number of carbonyl (C=O) groups excluding carboxylic acids is 2. The maximum absolute atomic E-state index is 12.0. The first-order valence-corrected chi connectivity index (χ1v) is 5.34. The smallest absolute Gasteiger partial charge is 0.357 e. The molecule has 90 valence electrons. The molecule has 0 spiro atoms. The lowest BCUT2D eigenvalue weighted by atomic mass is 10.2. The van der Waals surface area contributed by atoms with Crippen LogP contribution < -0.4 is 9.64 Å². The number of amides is 1. The van der Waals surface area contributed by atoms with E-state index >= 15 is 0 Å². The van der Waals surface area contributed by atoms with E-state index in [0.717, 1.165) is 0 Å². The van der Waals surface area contributed by atoms with Gasteiger partial charge in [-0.2, -0.15) is 0 Å². The number of ether oxygens (including phenoxy) is 2. The van der Waals surface area contributed by atoms with E-state index in [1.165, 1.54) is 12.0 Å². The third-order valence-corrected chi connectivity index (χ3v) is 2.62. The van der Waals surface area contributed by atoms with Gasteiger partial charge in [0.15, 0.2) is 0 Å². The fourth-order valence-corrected chi connectivity index (χ4v) is 1.80. The molecule has 5 nitrogen and oxygen atoms in total. The summed E-state index contributed by atoms with van der Waals surface area (Å²) in [5.41, 5.74) is 0.681. The molecule has 0 fully saturated rings. The summed E-state index contributed by atoms with van der Waals surface area (Å²) in [6.07, 6.45) is -1.20. The van der Waals surface area contributed by atoms with Crippen LogP contribution in [0.25, 0.3) is 0 Å². The second-order valence-corrected chi connectivity index (χ2v) is 3.57. The number of likely N-dealkylation sites (N-methyl/N-ethyl adjacent to an activating group) is 1. The van der Waals surface area contributed by atoms with Crippen LogP contribution >= 0.6 is 0 Å². The van der Waals surface area contributed by atoms with Crippen LogP contribution in [0.15, 0.2) is 24.3 Å². The van der Waals surface area contributed by atoms with Gasteiger partial charge in [0, 0.05) is 6.54 Å². The number of hydrogen-bond donors (Lipinski definition) is 0. The quantitative estimate of drug-likeness (QED) is 0.566. The lowest BCUT2D eigenvalue weighted by molar-refractivity contribution is -0.153. The fourth-order valence-electron chi connectivity index (χ4n) is 1.80. The first-order valence-electron chi connectivity index (χ1n) is 5.34. The number of esters is 1. The summed E-state index contributed by atoms with van der Waals surface area (Å²) in [5.74, 6) is -0.551. The molecule has 0 N–H and O–H groups in total. The molecule has 0 saturated heterocycles. The van der Waals surface area contributed by atoms with E-state index in [1.54, 1.807) is 18.2 Å². The fraction of sp³-hybridized carbons (Fsp3) is 0.333. The van der Waals surface area contributed by atoms with Crippen molar-refractivity contribution in [3.8, 4) is 5.75 Å². The van der Waals surface area contributed by atoms with Crippen LogP contribution in [0.4, 0.5) is 5.69 Å². The summed E-state index contributed by atoms with van der Waals surface area (Å²) in [5, 5.41) is 0. The molecule has 1 aromatic carbocycles. The Labute approximate surface area is 98.9 Å². The average molecular weight is 235 g/mol. The van der Waals surface area contributed by atoms with Gasteiger partial charge in [-0.15, -0.1) is 0 Å². The molecule has 1 aromatic rings. The molecule has 2 rings (SSSR count). The van der Waals surface area contributed by atoms with E-state index in [0.29, 0.717) is 18.0 Å². The van der Waals surface area contributed by atoms with E-state index in [4.69, 9.17) is 4.74 Å². The largest absolute Gasteiger partial charge is 0.466 e. The van der Waals surface area contributed by atoms with Gasteiger partial charge in [0.2, 0.25) is 0 Å². The zero-order valence-electron chi connectivity index (χ0n) is 9.67. The molecule has 0 unspecified atom stereocenters. The molecule has 1 aliphatic heterocycles. The van der Waals surface area contributed by atoms with Crippen LogP contribution in [0.3, 0.4) is 0 Å². The van der Waals surface area contributed by atoms with Gasteiger partial charge >= 0.3 is 5.97 Å². The second kappa shape index (κ2) is 4.45. The van der Waals surface area contributed by atoms with E-state index in [-0.39, 0.29) is 0 Å². The van der Waals surface area contributed by atoms with Gasteiger partial charge in [0.1, 0.15) is 5.75 Å². The highest BCUT2D eigenvalue weighted by Gasteiger charge is 2.39. The van der Waals surface area contributed by atoms with Crippen molar-refractivity contribution in [3.63, 3.8) is 0 Å². The lowest BCUT2D eigenvalue weighted by Crippen LogP contribution is -2.50. The van der Waals surface area contributed by atoms with Gasteiger partial charge in [0.25, 0.3) is 12.0 Å². The molecule has 17 heavy (non-hydrogen) atoms. The number of carbonyl (C=O) groups is 2. The van der Waals surface area contributed by atoms with Crippen molar-refractivity contribution in [3.05, 3.63) is 24.3 Å². The number of hydrogen-bond acceptors (Lipinski definition) is 4. The maximum Gasteiger partial charge on any atom is 0.357 e. The normalized spacial score (nSPS) is 18.4. The Kier molecular flexibility index (Phi) is 2.99. The molecular formula is C12H13NO4. The summed E-state index contributed by atoms with van der Waals surface area (Å²) in [6.45, 7) is 2.32. The Morgan fingerprint density at radius 3 is 2.82 bits per heavy atom. The maximum atomic E-state index is 12.0. The molecular weight excluding hydrogens is 222 g/mol. The summed E-state index contributed by atoms with van der Waals surface area (Å²) in [7, 11) is 1.23. The minimum atomic E-state index is -1.20. The zero-order valence-corrected chi connectivity index (χ0v) is 9.67. The van der Waals surface area contributed by atoms with Gasteiger partial charge < -0.3 is 14.4 Å². The SMILES string of the molecule is CCN1C(=O)[C@H](C(=O)OC)Oc2ccccc21. The van der Waals surface area contributed by atoms with Gasteiger partial charge in [-0.3, -0.25) is 4.79 Å². The third-order valence-electron chi connectivity index (χ3n) is 2.62. The van der Waals surface area contributed by atoms with Gasteiger partial charge in [-0.05, 0) is 19.1 Å². The minimum absolute atomic E-state index is 0.391. The van der Waals surface area contributed by atoms with Gasteiger partial charge in [-0.25, -0.2) is 4.79 Å². The summed E-state index contributed by atoms with van der Waals surface area (Å²) < 4.78 is 9.92. The molecule has 1 atom stereocenters. The van der Waals surface area contributed by atoms with Crippen LogP contribution in [-0.4, -0.2) is 31.6 Å². The predicted octanol–water partition coefficient (Wildman–Crippen LogP) is 0.973. The Morgan fingerprint density at radius 1 is 1.47 bits per heavy atom. The van der Waals surface area contributed by atoms with E-state index in [1.807, 2.05) is 13.0 Å². The van der Waals surface area contributed by atoms with Crippen molar-refractivity contribution in [2.45, 2.75) is 13.0 Å². The number of rotatable bonds is 2. The van der Waals surface area contributed by atoms with E-state index < -0.39 is 18.0 Å². The average Bonchev–Trinajstić information content (AvgIpc) is 2.37. The van der Waals surface area contributed by atoms with Crippen molar-refractivity contribution in [2.75, 3.05) is 18.6 Å². The minimum Gasteiger partial charge on any atom is -0.466 e. The molecule has 0 aromatic heterocycles. The third kappa shape index (κ3) is 1.84. The highest BCUT2D eigenvalue weighted by molar-refractivity contribution is 6.11. The molecule has 0 bridgehead atoms. The van der Waals surface area contributed by atoms with Crippen LogP contribution in [0.1, 0.15) is 6.92 Å². The Morgan fingerprint density at radius 2 is 2.18 bits per heavy atom. The summed E-state index contributed by atoms with van der Waals surface area (Å²) in [6, 6.07) is 7.11. The molecule has 1 amide bonds. The monoisotopic (exact) mass is 235 g/mol. The lowest BCUT2D eigenvalue weighted by Gasteiger charge is -2.32. The number of benzene rings is 1. The van der Waals surface area contributed by atoms with Crippen molar-refractivity contribution >= 4 is 17.6 Å². The molecule has 5 heteroatoms. The second-order valence-electron chi connectivity index (χ2n) is 3.57. The first-order chi connectivity index (χ1) is 8.19. The zero-order chi connectivity index (χ0) is 12.4. The number of fused-ring (bicyclic) bond motifs is 1. The van der Waals surface area contributed by atoms with Crippen LogP contribution in [0, 0.1) is 0 Å². The Hall–Kier alpha value is -2.04. The number of para-hydroxylation sites is 2. The highest BCUT2D eigenvalue weighted by atomic mass is 16.6. The number of nitrogens with zero attached hydrogens (tertiary/aromatic N) is 1. The van der Waals surface area contributed by atoms with E-state index in [2.05, 4.69) is 4.74 Å². The number of anilines is 1. The standard InChI is InChI=1S/C12H13NO4/c1-3-13-8-6-4-5-7-9(8)17-10(11(13)14)12(15)16-2/h4-7,10H,3H2,1-2H3/t10-/m1/s1. The summed E-state index contributed by atoms with van der Waals surface area (Å²) >= 11 is 0. The topological polar surface area (TPSA) is 55.8 Å². The molecule has 0 aliphatic carbocycles. The molecule has 1 aliphatic rings. The van der Waals surface area contributed by atoms with Crippen molar-refractivity contribution < 1.29 is 19.1 Å². The molecule has 0 saturated carbocycles. The Balaban J connectivity index is 2.42. The number of methoxy groups -OCH3 is 1. The van der Waals surface area contributed by atoms with Gasteiger partial charge in [-0.1, -0.05) is 12.1 Å². The van der Waals surface area contributed by atoms with Crippen molar-refractivity contribution in [1.29, 1.82) is 0 Å². The molecule has 0 radical (unpaired) electrons. The summed E-state index contributed by atoms with van der Waals surface area (Å²) in [4.78, 5) is 25.0. The highest BCUT2D eigenvalue weighted by Crippen LogP contribution is 2.33. The predicted molar refractivity (Wildman–Crippen MR) is 60.9 cm³/mol. The Bertz CT molecular complexity index is 458. The van der Waals surface area contributed by atoms with Gasteiger partial charge in [0.05, 0.1) is 12.8 Å². The van der Waals surface area contributed by atoms with Crippen LogP contribution in [0.2, 0.25) is 0 Å². The van der Waals surface area contributed by atoms with Crippen molar-refractivity contribution in [2.24, 2.45) is 0 Å².